The van der Waals surface area contributed by atoms with E-state index in [0.717, 1.165) is 29.2 Å². The van der Waals surface area contributed by atoms with Gasteiger partial charge in [0.2, 0.25) is 0 Å². The van der Waals surface area contributed by atoms with E-state index < -0.39 is 0 Å². The number of imidazole rings is 1. The predicted molar refractivity (Wildman–Crippen MR) is 98.3 cm³/mol. The molecule has 0 fully saturated rings. The van der Waals surface area contributed by atoms with Crippen molar-refractivity contribution in [3.8, 4) is 0 Å². The van der Waals surface area contributed by atoms with Gasteiger partial charge in [-0.2, -0.15) is 0 Å². The van der Waals surface area contributed by atoms with Gasteiger partial charge in [-0.1, -0.05) is 54.9 Å². The number of aromatic nitrogens is 2. The number of rotatable bonds is 7. The highest BCUT2D eigenvalue weighted by molar-refractivity contribution is 6.03. The Bertz CT molecular complexity index is 870. The summed E-state index contributed by atoms with van der Waals surface area (Å²) in [4.78, 5) is 21.0. The SMILES string of the molecule is CCCCC(=O)O/N=C(\Cn1ccnc1)c1ccc2ccccc2c1. The Morgan fingerprint density at radius 1 is 1.20 bits per heavy atom. The third-order valence-corrected chi connectivity index (χ3v) is 3.97. The van der Waals surface area contributed by atoms with Crippen molar-refractivity contribution >= 4 is 22.5 Å². The molecule has 0 aliphatic heterocycles. The third kappa shape index (κ3) is 4.53. The monoisotopic (exact) mass is 335 g/mol. The lowest BCUT2D eigenvalue weighted by Gasteiger charge is -2.09. The van der Waals surface area contributed by atoms with Crippen molar-refractivity contribution < 1.29 is 9.63 Å². The van der Waals surface area contributed by atoms with Gasteiger partial charge >= 0.3 is 5.97 Å². The van der Waals surface area contributed by atoms with Gasteiger partial charge in [0, 0.05) is 24.4 Å². The molecule has 1 aromatic heterocycles. The van der Waals surface area contributed by atoms with Crippen molar-refractivity contribution in [3.05, 3.63) is 66.7 Å². The number of unbranched alkanes of at least 4 members (excludes halogenated alkanes) is 1. The van der Waals surface area contributed by atoms with Gasteiger partial charge in [0.15, 0.2) is 0 Å². The molecule has 25 heavy (non-hydrogen) atoms. The molecule has 0 spiro atoms. The highest BCUT2D eigenvalue weighted by Crippen LogP contribution is 2.17. The van der Waals surface area contributed by atoms with E-state index in [2.05, 4.69) is 28.3 Å². The lowest BCUT2D eigenvalue weighted by Crippen LogP contribution is -2.12. The summed E-state index contributed by atoms with van der Waals surface area (Å²) in [6.07, 6.45) is 7.43. The van der Waals surface area contributed by atoms with Gasteiger partial charge in [0.05, 0.1) is 12.9 Å². The smallest absolute Gasteiger partial charge is 0.331 e. The number of fused-ring (bicyclic) bond motifs is 1. The Kier molecular flexibility index (Phi) is 5.57. The molecule has 3 aromatic rings. The van der Waals surface area contributed by atoms with Gasteiger partial charge in [-0.15, -0.1) is 0 Å². The van der Waals surface area contributed by atoms with Crippen LogP contribution >= 0.6 is 0 Å². The van der Waals surface area contributed by atoms with Crippen LogP contribution in [0.2, 0.25) is 0 Å². The first-order valence-electron chi connectivity index (χ1n) is 8.48. The number of hydrogen-bond acceptors (Lipinski definition) is 4. The molecule has 0 N–H and O–H groups in total. The van der Waals surface area contributed by atoms with Crippen molar-refractivity contribution in [1.82, 2.24) is 9.55 Å². The molecule has 0 atom stereocenters. The summed E-state index contributed by atoms with van der Waals surface area (Å²) in [6.45, 7) is 2.52. The van der Waals surface area contributed by atoms with E-state index in [0.29, 0.717) is 18.7 Å². The van der Waals surface area contributed by atoms with E-state index in [1.165, 1.54) is 0 Å². The minimum Gasteiger partial charge on any atom is -0.331 e. The molecule has 3 rings (SSSR count). The Hall–Kier alpha value is -2.95. The van der Waals surface area contributed by atoms with Gasteiger partial charge in [-0.3, -0.25) is 0 Å². The van der Waals surface area contributed by atoms with E-state index in [9.17, 15) is 4.79 Å². The molecule has 128 valence electrons. The lowest BCUT2D eigenvalue weighted by molar-refractivity contribution is -0.143. The lowest BCUT2D eigenvalue weighted by atomic mass is 10.0. The zero-order valence-corrected chi connectivity index (χ0v) is 14.3. The number of oxime groups is 1. The summed E-state index contributed by atoms with van der Waals surface area (Å²) in [5.41, 5.74) is 1.62. The van der Waals surface area contributed by atoms with Crippen LogP contribution in [0.1, 0.15) is 31.7 Å². The van der Waals surface area contributed by atoms with Gasteiger partial charge in [0.1, 0.15) is 5.71 Å². The fraction of sp³-hybridized carbons (Fsp3) is 0.250. The van der Waals surface area contributed by atoms with E-state index in [-0.39, 0.29) is 5.97 Å². The van der Waals surface area contributed by atoms with Crippen LogP contribution in [0.15, 0.2) is 66.3 Å². The number of hydrogen-bond donors (Lipinski definition) is 0. The molecule has 0 saturated heterocycles. The average Bonchev–Trinajstić information content (AvgIpc) is 3.16. The fourth-order valence-corrected chi connectivity index (χ4v) is 2.57. The average molecular weight is 335 g/mol. The highest BCUT2D eigenvalue weighted by atomic mass is 16.7. The molecule has 0 amide bonds. The predicted octanol–water partition coefficient (Wildman–Crippen LogP) is 4.17. The van der Waals surface area contributed by atoms with Crippen LogP contribution in [-0.2, 0) is 16.2 Å². The maximum Gasteiger partial charge on any atom is 0.335 e. The molecule has 0 saturated carbocycles. The Morgan fingerprint density at radius 3 is 2.80 bits per heavy atom. The van der Waals surface area contributed by atoms with Gasteiger partial charge in [-0.25, -0.2) is 9.78 Å². The van der Waals surface area contributed by atoms with Crippen LogP contribution in [0, 0.1) is 0 Å². The number of carbonyl (C=O) groups is 1. The van der Waals surface area contributed by atoms with E-state index >= 15 is 0 Å². The normalized spacial score (nSPS) is 11.6. The zero-order valence-electron chi connectivity index (χ0n) is 14.3. The molecular weight excluding hydrogens is 314 g/mol. The summed E-state index contributed by atoms with van der Waals surface area (Å²) >= 11 is 0. The van der Waals surface area contributed by atoms with Crippen molar-refractivity contribution in [3.63, 3.8) is 0 Å². The summed E-state index contributed by atoms with van der Waals surface area (Å²) in [5.74, 6) is -0.300. The first-order chi connectivity index (χ1) is 12.3. The van der Waals surface area contributed by atoms with E-state index in [1.807, 2.05) is 42.0 Å². The second-order valence-electron chi connectivity index (χ2n) is 5.90. The fourth-order valence-electron chi connectivity index (χ4n) is 2.57. The number of benzene rings is 2. The summed E-state index contributed by atoms with van der Waals surface area (Å²) in [5, 5.41) is 6.43. The Morgan fingerprint density at radius 2 is 2.04 bits per heavy atom. The third-order valence-electron chi connectivity index (χ3n) is 3.97. The molecule has 2 aromatic carbocycles. The van der Waals surface area contributed by atoms with Crippen molar-refractivity contribution in [2.24, 2.45) is 5.16 Å². The first-order valence-corrected chi connectivity index (χ1v) is 8.48. The molecule has 0 unspecified atom stereocenters. The van der Waals surface area contributed by atoms with Gasteiger partial charge in [0.25, 0.3) is 0 Å². The number of carbonyl (C=O) groups excluding carboxylic acids is 1. The molecule has 5 heteroatoms. The minimum absolute atomic E-state index is 0.300. The first kappa shape index (κ1) is 16.9. The summed E-state index contributed by atoms with van der Waals surface area (Å²) in [7, 11) is 0. The Labute approximate surface area is 146 Å². The molecule has 5 nitrogen and oxygen atoms in total. The van der Waals surface area contributed by atoms with Gasteiger partial charge in [-0.05, 0) is 23.3 Å². The van der Waals surface area contributed by atoms with Gasteiger partial charge < -0.3 is 9.40 Å². The van der Waals surface area contributed by atoms with Crippen molar-refractivity contribution in [2.45, 2.75) is 32.7 Å². The quantitative estimate of drug-likeness (QED) is 0.370. The van der Waals surface area contributed by atoms with Crippen molar-refractivity contribution in [1.29, 1.82) is 0 Å². The highest BCUT2D eigenvalue weighted by Gasteiger charge is 2.09. The molecular formula is C20H21N3O2. The van der Waals surface area contributed by atoms with E-state index in [4.69, 9.17) is 4.84 Å². The zero-order chi connectivity index (χ0) is 17.5. The molecule has 0 radical (unpaired) electrons. The standard InChI is InChI=1S/C20H21N3O2/c1-2-3-8-20(24)25-22-19(14-23-12-11-21-15-23)18-10-9-16-6-4-5-7-17(16)13-18/h4-7,9-13,15H,2-3,8,14H2,1H3/b22-19+. The van der Waals surface area contributed by atoms with Crippen LogP contribution in [0.4, 0.5) is 0 Å². The molecule has 0 aliphatic rings. The number of nitrogens with zero attached hydrogens (tertiary/aromatic N) is 3. The van der Waals surface area contributed by atoms with E-state index in [1.54, 1.807) is 12.5 Å². The van der Waals surface area contributed by atoms with Crippen LogP contribution in [0.25, 0.3) is 10.8 Å². The second kappa shape index (κ2) is 8.24. The van der Waals surface area contributed by atoms with Crippen LogP contribution < -0.4 is 0 Å². The molecule has 1 heterocycles. The molecule has 0 aliphatic carbocycles. The summed E-state index contributed by atoms with van der Waals surface area (Å²) in [6, 6.07) is 14.2. The van der Waals surface area contributed by atoms with Crippen LogP contribution in [0.5, 0.6) is 0 Å². The second-order valence-corrected chi connectivity index (χ2v) is 5.90. The maximum absolute atomic E-state index is 11.8. The maximum atomic E-state index is 11.8. The summed E-state index contributed by atoms with van der Waals surface area (Å²) < 4.78 is 1.90. The topological polar surface area (TPSA) is 56.5 Å². The Balaban J connectivity index is 1.87. The van der Waals surface area contributed by atoms with Crippen LogP contribution in [0.3, 0.4) is 0 Å². The molecule has 0 bridgehead atoms. The minimum atomic E-state index is -0.300. The largest absolute Gasteiger partial charge is 0.335 e. The van der Waals surface area contributed by atoms with Crippen LogP contribution in [-0.4, -0.2) is 21.2 Å². The van der Waals surface area contributed by atoms with Crippen molar-refractivity contribution in [2.75, 3.05) is 0 Å².